The van der Waals surface area contributed by atoms with Crippen molar-refractivity contribution in [1.29, 1.82) is 0 Å². The molecule has 0 saturated carbocycles. The highest BCUT2D eigenvalue weighted by Crippen LogP contribution is 2.32. The number of hydroxylamine groups is 2. The minimum Gasteiger partial charge on any atom is -0.503 e. The fourth-order valence-electron chi connectivity index (χ4n) is 2.76. The minimum atomic E-state index is -4.99. The van der Waals surface area contributed by atoms with Crippen molar-refractivity contribution in [3.63, 3.8) is 0 Å². The summed E-state index contributed by atoms with van der Waals surface area (Å²) < 4.78 is 39.1. The largest absolute Gasteiger partial charge is 0.503 e. The lowest BCUT2D eigenvalue weighted by atomic mass is 9.84. The van der Waals surface area contributed by atoms with E-state index in [4.69, 9.17) is 15.1 Å². The molecule has 1 fully saturated rings. The summed E-state index contributed by atoms with van der Waals surface area (Å²) in [5.74, 6) is -3.00. The summed E-state index contributed by atoms with van der Waals surface area (Å²) in [5.41, 5.74) is 2.65. The predicted octanol–water partition coefficient (Wildman–Crippen LogP) is -2.01. The van der Waals surface area contributed by atoms with Gasteiger partial charge in [-0.25, -0.2) is 0 Å². The number of rotatable bonds is 8. The molecule has 2 amide bonds. The number of aromatic hydroxyl groups is 1. The van der Waals surface area contributed by atoms with Crippen molar-refractivity contribution in [2.24, 2.45) is 5.16 Å². The van der Waals surface area contributed by atoms with Crippen LogP contribution in [0.2, 0.25) is 0 Å². The van der Waals surface area contributed by atoms with Gasteiger partial charge in [0.1, 0.15) is 11.7 Å². The molecule has 0 radical (unpaired) electrons. The maximum Gasteiger partial charge on any atom is 0.418 e. The van der Waals surface area contributed by atoms with Crippen LogP contribution < -0.4 is 16.5 Å². The van der Waals surface area contributed by atoms with Gasteiger partial charge >= 0.3 is 10.4 Å². The molecule has 6 N–H and O–H groups in total. The highest BCUT2D eigenvalue weighted by molar-refractivity contribution is 7.80. The molecule has 2 aromatic heterocycles. The van der Waals surface area contributed by atoms with Gasteiger partial charge in [-0.15, -0.1) is 4.28 Å². The number of hydrogen-bond donors (Lipinski definition) is 5. The number of anilines is 1. The second-order valence-electron chi connectivity index (χ2n) is 7.22. The first-order chi connectivity index (χ1) is 15.7. The van der Waals surface area contributed by atoms with E-state index < -0.39 is 57.3 Å². The molecule has 1 atom stereocenters. The van der Waals surface area contributed by atoms with Gasteiger partial charge in [0.25, 0.3) is 11.8 Å². The Kier molecular flexibility index (Phi) is 6.46. The molecule has 1 aliphatic rings. The summed E-state index contributed by atoms with van der Waals surface area (Å²) >= 11 is 0.729. The number of nitrogen functional groups attached to an aromatic ring is 1. The lowest BCUT2D eigenvalue weighted by Gasteiger charge is -2.50. The molecule has 184 valence electrons. The number of nitrogens with zero attached hydrogens (tertiary/aromatic N) is 5. The van der Waals surface area contributed by atoms with Gasteiger partial charge in [0.05, 0.1) is 11.7 Å². The molecule has 0 aliphatic carbocycles. The van der Waals surface area contributed by atoms with Crippen molar-refractivity contribution in [2.75, 3.05) is 5.73 Å². The molecule has 19 heteroatoms. The summed E-state index contributed by atoms with van der Waals surface area (Å²) in [4.78, 5) is 45.5. The van der Waals surface area contributed by atoms with Crippen LogP contribution in [0.5, 0.6) is 5.75 Å². The number of oxime groups is 1. The van der Waals surface area contributed by atoms with Crippen LogP contribution in [0.25, 0.3) is 0 Å². The third-order valence-corrected chi connectivity index (χ3v) is 5.33. The Hall–Kier alpha value is -3.81. The van der Waals surface area contributed by atoms with Gasteiger partial charge in [0.15, 0.2) is 17.5 Å². The first kappa shape index (κ1) is 24.8. The Bertz CT molecular complexity index is 1330. The van der Waals surface area contributed by atoms with E-state index in [0.717, 1.165) is 23.8 Å². The normalized spacial score (nSPS) is 17.9. The van der Waals surface area contributed by atoms with E-state index in [1.807, 2.05) is 0 Å². The summed E-state index contributed by atoms with van der Waals surface area (Å²) in [7, 11) is -4.99. The average molecular weight is 519 g/mol. The van der Waals surface area contributed by atoms with Crippen LogP contribution in [0, 0.1) is 0 Å². The molecule has 3 rings (SSSR count). The molecule has 0 aromatic carbocycles. The molecule has 3 heterocycles. The van der Waals surface area contributed by atoms with E-state index in [2.05, 4.69) is 24.1 Å². The molecular formula is C15H17N7O10S2. The SMILES string of the molecule is CC1(C)C(NC(=O)/C(=N\OCc2cc(=O)c(O)cn2O)c2nsc(N)n2)C(=O)N1OS(=O)(=O)O. The fraction of sp³-hybridized carbons (Fsp3) is 0.333. The molecular weight excluding hydrogens is 502 g/mol. The first-order valence-electron chi connectivity index (χ1n) is 8.96. The number of nitrogens with one attached hydrogen (secondary N) is 1. The second-order valence-corrected chi connectivity index (χ2v) is 9.01. The zero-order valence-corrected chi connectivity index (χ0v) is 18.9. The van der Waals surface area contributed by atoms with Gasteiger partial charge in [0, 0.05) is 17.6 Å². The van der Waals surface area contributed by atoms with Crippen LogP contribution in [-0.2, 0) is 35.7 Å². The number of pyridine rings is 1. The molecule has 1 aliphatic heterocycles. The van der Waals surface area contributed by atoms with E-state index in [1.165, 1.54) is 13.8 Å². The van der Waals surface area contributed by atoms with Gasteiger partial charge in [-0.05, 0) is 13.8 Å². The lowest BCUT2D eigenvalue weighted by molar-refractivity contribution is -0.218. The van der Waals surface area contributed by atoms with Gasteiger partial charge in [0.2, 0.25) is 17.0 Å². The number of carbonyl (C=O) groups excluding carboxylic acids is 2. The van der Waals surface area contributed by atoms with Crippen LogP contribution in [0.4, 0.5) is 5.13 Å². The Morgan fingerprint density at radius 3 is 2.65 bits per heavy atom. The lowest BCUT2D eigenvalue weighted by Crippen LogP contribution is -2.76. The van der Waals surface area contributed by atoms with E-state index in [9.17, 15) is 33.1 Å². The number of hydrogen-bond acceptors (Lipinski definition) is 14. The number of β-lactam (4-membered cyclic amide) rings is 1. The first-order valence-corrected chi connectivity index (χ1v) is 11.1. The van der Waals surface area contributed by atoms with E-state index in [0.29, 0.717) is 9.79 Å². The number of aromatic nitrogens is 3. The van der Waals surface area contributed by atoms with Crippen LogP contribution in [0.1, 0.15) is 25.4 Å². The van der Waals surface area contributed by atoms with Crippen LogP contribution >= 0.6 is 11.5 Å². The molecule has 0 spiro atoms. The smallest absolute Gasteiger partial charge is 0.418 e. The molecule has 17 nitrogen and oxygen atoms in total. The summed E-state index contributed by atoms with van der Waals surface area (Å²) in [6, 6.07) is -0.439. The minimum absolute atomic E-state index is 0.0222. The van der Waals surface area contributed by atoms with Crippen molar-refractivity contribution < 1.29 is 42.0 Å². The quantitative estimate of drug-likeness (QED) is 0.0832. The van der Waals surface area contributed by atoms with Gasteiger partial charge in [-0.3, -0.25) is 18.9 Å². The average Bonchev–Trinajstić information content (AvgIpc) is 3.16. The Balaban J connectivity index is 1.80. The van der Waals surface area contributed by atoms with Crippen LogP contribution in [0.15, 0.2) is 22.2 Å². The Labute approximate surface area is 194 Å². The highest BCUT2D eigenvalue weighted by atomic mass is 32.3. The monoisotopic (exact) mass is 519 g/mol. The zero-order chi connectivity index (χ0) is 25.4. The summed E-state index contributed by atoms with van der Waals surface area (Å²) in [6.07, 6.45) is 0.728. The van der Waals surface area contributed by atoms with E-state index >= 15 is 0 Å². The fourth-order valence-corrected chi connectivity index (χ4v) is 3.65. The third-order valence-electron chi connectivity index (χ3n) is 4.45. The second kappa shape index (κ2) is 8.85. The summed E-state index contributed by atoms with van der Waals surface area (Å²) in [5, 5.41) is 25.3. The van der Waals surface area contributed by atoms with Crippen molar-refractivity contribution in [3.05, 3.63) is 34.0 Å². The van der Waals surface area contributed by atoms with Gasteiger partial charge in [-0.1, -0.05) is 5.16 Å². The van der Waals surface area contributed by atoms with Crippen molar-refractivity contribution in [1.82, 2.24) is 24.5 Å². The van der Waals surface area contributed by atoms with Crippen molar-refractivity contribution in [2.45, 2.75) is 32.0 Å². The zero-order valence-electron chi connectivity index (χ0n) is 17.3. The molecule has 0 bridgehead atoms. The maximum atomic E-state index is 12.8. The van der Waals surface area contributed by atoms with E-state index in [-0.39, 0.29) is 16.6 Å². The van der Waals surface area contributed by atoms with Crippen molar-refractivity contribution in [3.8, 4) is 5.75 Å². The maximum absolute atomic E-state index is 12.8. The highest BCUT2D eigenvalue weighted by Gasteiger charge is 2.58. The molecule has 1 unspecified atom stereocenters. The number of carbonyl (C=O) groups is 2. The van der Waals surface area contributed by atoms with E-state index in [1.54, 1.807) is 0 Å². The standard InChI is InChI=1S/C15H17N7O10S2/c1-15(2)10(13(26)22(15)32-34(28,29)30)17-12(25)9(11-18-14(16)33-20-11)19-31-5-6-3-7(23)8(24)4-21(6)27/h3-4,10,24,27H,5H2,1-2H3,(H,17,25)(H2,16,18,20)(H,28,29,30)/b19-9-. The molecule has 34 heavy (non-hydrogen) atoms. The predicted molar refractivity (Wildman–Crippen MR) is 111 cm³/mol. The Morgan fingerprint density at radius 2 is 2.09 bits per heavy atom. The van der Waals surface area contributed by atoms with Crippen molar-refractivity contribution >= 4 is 44.6 Å². The molecule has 2 aromatic rings. The Morgan fingerprint density at radius 1 is 1.41 bits per heavy atom. The molecule has 1 saturated heterocycles. The summed E-state index contributed by atoms with van der Waals surface area (Å²) in [6.45, 7) is 2.16. The number of nitrogens with two attached hydrogens (primary N) is 1. The number of amides is 2. The van der Waals surface area contributed by atoms with Crippen LogP contribution in [-0.4, -0.2) is 71.5 Å². The van der Waals surface area contributed by atoms with Gasteiger partial charge in [-0.2, -0.15) is 27.6 Å². The van der Waals surface area contributed by atoms with Gasteiger partial charge < -0.3 is 26.2 Å². The topological polar surface area (TPSA) is 249 Å². The third kappa shape index (κ3) is 5.06. The van der Waals surface area contributed by atoms with Crippen LogP contribution in [0.3, 0.4) is 0 Å².